The van der Waals surface area contributed by atoms with Gasteiger partial charge in [-0.2, -0.15) is 11.8 Å². The van der Waals surface area contributed by atoms with Crippen molar-refractivity contribution in [1.82, 2.24) is 10.2 Å². The van der Waals surface area contributed by atoms with E-state index in [1.54, 1.807) is 0 Å². The number of nitrogens with zero attached hydrogens (tertiary/aromatic N) is 1. The van der Waals surface area contributed by atoms with Crippen LogP contribution in [0.5, 0.6) is 0 Å². The number of piperidine rings is 1. The Morgan fingerprint density at radius 2 is 1.90 bits per heavy atom. The molecular formula is C15H26N2O3S. The third-order valence-corrected chi connectivity index (χ3v) is 6.29. The van der Waals surface area contributed by atoms with E-state index in [1.807, 2.05) is 16.7 Å². The van der Waals surface area contributed by atoms with Crippen LogP contribution in [-0.4, -0.2) is 52.6 Å². The number of aliphatic carboxylic acids is 1. The maximum atomic E-state index is 12.2. The van der Waals surface area contributed by atoms with Gasteiger partial charge in [-0.25, -0.2) is 4.79 Å². The van der Waals surface area contributed by atoms with Gasteiger partial charge in [-0.1, -0.05) is 12.8 Å². The summed E-state index contributed by atoms with van der Waals surface area (Å²) >= 11 is 1.88. The Balaban J connectivity index is 1.73. The van der Waals surface area contributed by atoms with Crippen LogP contribution in [0.15, 0.2) is 0 Å². The monoisotopic (exact) mass is 314 g/mol. The van der Waals surface area contributed by atoms with Crippen LogP contribution in [0.25, 0.3) is 0 Å². The van der Waals surface area contributed by atoms with Crippen molar-refractivity contribution in [1.29, 1.82) is 0 Å². The van der Waals surface area contributed by atoms with Gasteiger partial charge in [-0.15, -0.1) is 0 Å². The third-order valence-electron chi connectivity index (χ3n) is 4.87. The molecule has 0 spiro atoms. The second-order valence-electron chi connectivity index (χ2n) is 6.28. The summed E-state index contributed by atoms with van der Waals surface area (Å²) < 4.78 is 0.233. The van der Waals surface area contributed by atoms with Gasteiger partial charge in [0, 0.05) is 30.8 Å². The summed E-state index contributed by atoms with van der Waals surface area (Å²) in [6.07, 6.45) is 8.86. The first-order valence-corrected chi connectivity index (χ1v) is 9.07. The largest absolute Gasteiger partial charge is 0.481 e. The lowest BCUT2D eigenvalue weighted by Gasteiger charge is -2.33. The first-order chi connectivity index (χ1) is 10.0. The number of urea groups is 1. The van der Waals surface area contributed by atoms with Gasteiger partial charge in [0.2, 0.25) is 0 Å². The number of carbonyl (C=O) groups is 2. The van der Waals surface area contributed by atoms with Crippen LogP contribution in [0.4, 0.5) is 4.79 Å². The van der Waals surface area contributed by atoms with Crippen molar-refractivity contribution in [3.05, 3.63) is 0 Å². The molecule has 1 saturated heterocycles. The fraction of sp³-hybridized carbons (Fsp3) is 0.867. The van der Waals surface area contributed by atoms with Crippen molar-refractivity contribution < 1.29 is 14.7 Å². The van der Waals surface area contributed by atoms with Crippen LogP contribution >= 0.6 is 11.8 Å². The zero-order valence-corrected chi connectivity index (χ0v) is 13.6. The van der Waals surface area contributed by atoms with Crippen molar-refractivity contribution in [2.75, 3.05) is 25.9 Å². The number of amides is 2. The molecule has 0 bridgehead atoms. The molecule has 0 aromatic heterocycles. The van der Waals surface area contributed by atoms with Crippen molar-refractivity contribution in [2.24, 2.45) is 5.92 Å². The van der Waals surface area contributed by atoms with Crippen molar-refractivity contribution in [3.8, 4) is 0 Å². The topological polar surface area (TPSA) is 69.6 Å². The molecule has 0 unspecified atom stereocenters. The van der Waals surface area contributed by atoms with Gasteiger partial charge >= 0.3 is 12.0 Å². The van der Waals surface area contributed by atoms with E-state index in [0.29, 0.717) is 13.1 Å². The van der Waals surface area contributed by atoms with Gasteiger partial charge in [0.15, 0.2) is 0 Å². The number of hydrogen-bond acceptors (Lipinski definition) is 3. The number of nitrogens with one attached hydrogen (secondary N) is 1. The molecule has 21 heavy (non-hydrogen) atoms. The summed E-state index contributed by atoms with van der Waals surface area (Å²) in [5, 5.41) is 11.9. The molecule has 1 aliphatic heterocycles. The number of thioether (sulfide) groups is 1. The summed E-state index contributed by atoms with van der Waals surface area (Å²) in [5.74, 6) is -0.514. The molecule has 2 aliphatic rings. The van der Waals surface area contributed by atoms with E-state index >= 15 is 0 Å². The second kappa shape index (κ2) is 7.38. The minimum Gasteiger partial charge on any atom is -0.481 e. The Bertz CT molecular complexity index is 375. The van der Waals surface area contributed by atoms with Crippen molar-refractivity contribution in [2.45, 2.75) is 49.7 Å². The molecule has 6 heteroatoms. The van der Waals surface area contributed by atoms with E-state index in [1.165, 1.54) is 25.7 Å². The third kappa shape index (κ3) is 4.53. The van der Waals surface area contributed by atoms with E-state index in [2.05, 4.69) is 11.6 Å². The van der Waals surface area contributed by atoms with Crippen LogP contribution in [0.1, 0.15) is 44.9 Å². The van der Waals surface area contributed by atoms with Crippen LogP contribution in [0.3, 0.4) is 0 Å². The lowest BCUT2D eigenvalue weighted by atomic mass is 9.94. The van der Waals surface area contributed by atoms with E-state index in [4.69, 9.17) is 5.11 Å². The Labute approximate surface area is 130 Å². The molecule has 1 heterocycles. The predicted molar refractivity (Wildman–Crippen MR) is 84.7 cm³/mol. The first-order valence-electron chi connectivity index (χ1n) is 7.84. The lowest BCUT2D eigenvalue weighted by Crippen LogP contribution is -2.48. The normalized spacial score (nSPS) is 22.2. The number of carbonyl (C=O) groups excluding carboxylic acids is 1. The number of carboxylic acids is 1. The number of likely N-dealkylation sites (tertiary alicyclic amines) is 1. The van der Waals surface area contributed by atoms with E-state index in [-0.39, 0.29) is 23.1 Å². The molecule has 2 amide bonds. The minimum absolute atomic E-state index is 0.0177. The van der Waals surface area contributed by atoms with E-state index in [0.717, 1.165) is 19.4 Å². The summed E-state index contributed by atoms with van der Waals surface area (Å²) in [6, 6.07) is 0.0177. The van der Waals surface area contributed by atoms with Crippen LogP contribution < -0.4 is 5.32 Å². The number of rotatable bonds is 5. The Morgan fingerprint density at radius 3 is 2.43 bits per heavy atom. The molecule has 5 nitrogen and oxygen atoms in total. The molecule has 0 aromatic rings. The highest BCUT2D eigenvalue weighted by Crippen LogP contribution is 2.39. The molecule has 2 fully saturated rings. The smallest absolute Gasteiger partial charge is 0.317 e. The van der Waals surface area contributed by atoms with Gasteiger partial charge in [0.1, 0.15) is 0 Å². The molecule has 1 saturated carbocycles. The Kier molecular flexibility index (Phi) is 5.79. The van der Waals surface area contributed by atoms with Crippen LogP contribution in [0, 0.1) is 5.92 Å². The fourth-order valence-electron chi connectivity index (χ4n) is 3.41. The predicted octanol–water partition coefficient (Wildman–Crippen LogP) is 2.56. The minimum atomic E-state index is -0.735. The average Bonchev–Trinajstić information content (AvgIpc) is 2.94. The van der Waals surface area contributed by atoms with Crippen LogP contribution in [0.2, 0.25) is 0 Å². The molecule has 0 radical (unpaired) electrons. The molecule has 1 aliphatic carbocycles. The zero-order valence-electron chi connectivity index (χ0n) is 12.8. The zero-order chi connectivity index (χ0) is 15.3. The average molecular weight is 314 g/mol. The Hall–Kier alpha value is -0.910. The second-order valence-corrected chi connectivity index (χ2v) is 7.56. The van der Waals surface area contributed by atoms with Gasteiger partial charge in [0.25, 0.3) is 0 Å². The standard InChI is InChI=1S/C15H26N2O3S/c1-21-15(6-2-3-7-15)11-16-14(20)17-8-4-12(5-9-17)10-13(18)19/h12H,2-11H2,1H3,(H,16,20)(H,18,19). The van der Waals surface area contributed by atoms with Crippen molar-refractivity contribution >= 4 is 23.8 Å². The molecule has 0 aromatic carbocycles. The quantitative estimate of drug-likeness (QED) is 0.818. The highest BCUT2D eigenvalue weighted by Gasteiger charge is 2.34. The van der Waals surface area contributed by atoms with E-state index < -0.39 is 5.97 Å². The maximum absolute atomic E-state index is 12.2. The molecule has 2 rings (SSSR count). The number of hydrogen-bond donors (Lipinski definition) is 2. The summed E-state index contributed by atoms with van der Waals surface area (Å²) in [4.78, 5) is 24.8. The molecule has 2 N–H and O–H groups in total. The first kappa shape index (κ1) is 16.5. The molecule has 120 valence electrons. The highest BCUT2D eigenvalue weighted by molar-refractivity contribution is 8.00. The maximum Gasteiger partial charge on any atom is 0.317 e. The molecular weight excluding hydrogens is 288 g/mol. The summed E-state index contributed by atoms with van der Waals surface area (Å²) in [5.41, 5.74) is 0. The number of carboxylic acid groups (broad SMARTS) is 1. The molecule has 0 atom stereocenters. The summed E-state index contributed by atoms with van der Waals surface area (Å²) in [6.45, 7) is 2.11. The van der Waals surface area contributed by atoms with Crippen molar-refractivity contribution in [3.63, 3.8) is 0 Å². The SMILES string of the molecule is CSC1(CNC(=O)N2CCC(CC(=O)O)CC2)CCCC1. The van der Waals surface area contributed by atoms with E-state index in [9.17, 15) is 9.59 Å². The van der Waals surface area contributed by atoms with Gasteiger partial charge in [-0.3, -0.25) is 4.79 Å². The van der Waals surface area contributed by atoms with Gasteiger partial charge in [0.05, 0.1) is 0 Å². The van der Waals surface area contributed by atoms with Gasteiger partial charge < -0.3 is 15.3 Å². The lowest BCUT2D eigenvalue weighted by molar-refractivity contribution is -0.138. The highest BCUT2D eigenvalue weighted by atomic mass is 32.2. The Morgan fingerprint density at radius 1 is 1.29 bits per heavy atom. The van der Waals surface area contributed by atoms with Crippen LogP contribution in [-0.2, 0) is 4.79 Å². The summed E-state index contributed by atoms with van der Waals surface area (Å²) in [7, 11) is 0. The fourth-order valence-corrected chi connectivity index (χ4v) is 4.32. The van der Waals surface area contributed by atoms with Gasteiger partial charge in [-0.05, 0) is 37.9 Å².